The standard InChI is InChI=1S/C15H18N2O2/c1-11-6-2-5-9-13(11)15(19)17-16-14(18)10-12-7-3-4-8-12/h2-3,5-7,9,12H,4,8,10H2,1H3,(H,16,18)(H,17,19)/t12-/m0/s1. The van der Waals surface area contributed by atoms with E-state index in [1.165, 1.54) is 0 Å². The minimum Gasteiger partial charge on any atom is -0.273 e. The van der Waals surface area contributed by atoms with Crippen LogP contribution in [-0.4, -0.2) is 11.8 Å². The van der Waals surface area contributed by atoms with Crippen LogP contribution in [0, 0.1) is 12.8 Å². The zero-order chi connectivity index (χ0) is 13.7. The van der Waals surface area contributed by atoms with E-state index in [-0.39, 0.29) is 11.8 Å². The van der Waals surface area contributed by atoms with Gasteiger partial charge in [0.1, 0.15) is 0 Å². The molecule has 100 valence electrons. The number of hydrogen-bond acceptors (Lipinski definition) is 2. The fourth-order valence-corrected chi connectivity index (χ4v) is 2.18. The van der Waals surface area contributed by atoms with Crippen LogP contribution >= 0.6 is 0 Å². The molecule has 0 aliphatic heterocycles. The lowest BCUT2D eigenvalue weighted by atomic mass is 10.1. The highest BCUT2D eigenvalue weighted by Gasteiger charge is 2.15. The summed E-state index contributed by atoms with van der Waals surface area (Å²) in [6.45, 7) is 1.86. The number of carbonyl (C=O) groups is 2. The number of benzene rings is 1. The molecular formula is C15H18N2O2. The second-order valence-corrected chi connectivity index (χ2v) is 4.79. The maximum atomic E-state index is 11.9. The molecule has 0 saturated heterocycles. The fraction of sp³-hybridized carbons (Fsp3) is 0.333. The summed E-state index contributed by atoms with van der Waals surface area (Å²) < 4.78 is 0. The van der Waals surface area contributed by atoms with Gasteiger partial charge < -0.3 is 0 Å². The van der Waals surface area contributed by atoms with Gasteiger partial charge in [-0.05, 0) is 37.3 Å². The molecule has 1 atom stereocenters. The first-order valence-electron chi connectivity index (χ1n) is 6.48. The van der Waals surface area contributed by atoms with E-state index in [1.54, 1.807) is 12.1 Å². The van der Waals surface area contributed by atoms with Crippen LogP contribution in [0.25, 0.3) is 0 Å². The molecule has 1 aliphatic rings. The van der Waals surface area contributed by atoms with Crippen LogP contribution in [0.5, 0.6) is 0 Å². The largest absolute Gasteiger partial charge is 0.273 e. The molecule has 0 spiro atoms. The maximum Gasteiger partial charge on any atom is 0.269 e. The summed E-state index contributed by atoms with van der Waals surface area (Å²) in [5.41, 5.74) is 6.37. The number of hydrazine groups is 1. The zero-order valence-corrected chi connectivity index (χ0v) is 11.0. The Kier molecular flexibility index (Phi) is 4.34. The Labute approximate surface area is 112 Å². The monoisotopic (exact) mass is 258 g/mol. The van der Waals surface area contributed by atoms with E-state index in [2.05, 4.69) is 23.0 Å². The summed E-state index contributed by atoms with van der Waals surface area (Å²) in [5, 5.41) is 0. The predicted molar refractivity (Wildman–Crippen MR) is 73.3 cm³/mol. The fourth-order valence-electron chi connectivity index (χ4n) is 2.18. The number of allylic oxidation sites excluding steroid dienone is 2. The van der Waals surface area contributed by atoms with E-state index < -0.39 is 0 Å². The highest BCUT2D eigenvalue weighted by molar-refractivity contribution is 5.96. The summed E-state index contributed by atoms with van der Waals surface area (Å²) in [7, 11) is 0. The van der Waals surface area contributed by atoms with Gasteiger partial charge in [0.25, 0.3) is 5.91 Å². The third-order valence-corrected chi connectivity index (χ3v) is 3.27. The highest BCUT2D eigenvalue weighted by atomic mass is 16.2. The SMILES string of the molecule is Cc1ccccc1C(=O)NNC(=O)C[C@H]1C=CCC1. The van der Waals surface area contributed by atoms with E-state index in [9.17, 15) is 9.59 Å². The normalized spacial score (nSPS) is 17.2. The summed E-state index contributed by atoms with van der Waals surface area (Å²) in [6, 6.07) is 7.26. The van der Waals surface area contributed by atoms with Gasteiger partial charge in [-0.25, -0.2) is 0 Å². The smallest absolute Gasteiger partial charge is 0.269 e. The lowest BCUT2D eigenvalue weighted by Gasteiger charge is -2.10. The molecule has 19 heavy (non-hydrogen) atoms. The van der Waals surface area contributed by atoms with Crippen molar-refractivity contribution in [3.05, 3.63) is 47.5 Å². The van der Waals surface area contributed by atoms with Crippen LogP contribution in [0.15, 0.2) is 36.4 Å². The number of amides is 2. The summed E-state index contributed by atoms with van der Waals surface area (Å²) in [4.78, 5) is 23.5. The minimum atomic E-state index is -0.284. The van der Waals surface area contributed by atoms with Crippen molar-refractivity contribution in [3.8, 4) is 0 Å². The third kappa shape index (κ3) is 3.68. The predicted octanol–water partition coefficient (Wildman–Crippen LogP) is 2.11. The number of nitrogens with one attached hydrogen (secondary N) is 2. The topological polar surface area (TPSA) is 58.2 Å². The van der Waals surface area contributed by atoms with Crippen molar-refractivity contribution in [3.63, 3.8) is 0 Å². The van der Waals surface area contributed by atoms with Gasteiger partial charge in [0.2, 0.25) is 5.91 Å². The quantitative estimate of drug-likeness (QED) is 0.644. The van der Waals surface area contributed by atoms with E-state index in [1.807, 2.05) is 19.1 Å². The molecule has 0 aromatic heterocycles. The third-order valence-electron chi connectivity index (χ3n) is 3.27. The maximum absolute atomic E-state index is 11.9. The van der Waals surface area contributed by atoms with Crippen molar-refractivity contribution in [1.29, 1.82) is 0 Å². The Morgan fingerprint density at radius 2 is 2.05 bits per heavy atom. The lowest BCUT2D eigenvalue weighted by molar-refractivity contribution is -0.122. The molecule has 0 saturated carbocycles. The van der Waals surface area contributed by atoms with Crippen molar-refractivity contribution >= 4 is 11.8 Å². The van der Waals surface area contributed by atoms with Gasteiger partial charge in [-0.1, -0.05) is 30.4 Å². The molecule has 1 aromatic rings. The molecule has 4 nitrogen and oxygen atoms in total. The molecule has 0 heterocycles. The number of carbonyl (C=O) groups excluding carboxylic acids is 2. The zero-order valence-electron chi connectivity index (χ0n) is 11.0. The van der Waals surface area contributed by atoms with E-state index >= 15 is 0 Å². The lowest BCUT2D eigenvalue weighted by Crippen LogP contribution is -2.42. The molecule has 4 heteroatoms. The molecule has 0 unspecified atom stereocenters. The van der Waals surface area contributed by atoms with E-state index in [0.29, 0.717) is 17.9 Å². The molecule has 2 N–H and O–H groups in total. The highest BCUT2D eigenvalue weighted by Crippen LogP contribution is 2.19. The van der Waals surface area contributed by atoms with Crippen molar-refractivity contribution in [1.82, 2.24) is 10.9 Å². The van der Waals surface area contributed by atoms with Gasteiger partial charge in [-0.3, -0.25) is 20.4 Å². The van der Waals surface area contributed by atoms with Crippen molar-refractivity contribution in [2.75, 3.05) is 0 Å². The molecule has 1 aliphatic carbocycles. The molecule has 0 fully saturated rings. The van der Waals surface area contributed by atoms with Crippen molar-refractivity contribution in [2.24, 2.45) is 5.92 Å². The average Bonchev–Trinajstić information content (AvgIpc) is 2.89. The van der Waals surface area contributed by atoms with Gasteiger partial charge >= 0.3 is 0 Å². The van der Waals surface area contributed by atoms with E-state index in [0.717, 1.165) is 18.4 Å². The second-order valence-electron chi connectivity index (χ2n) is 4.79. The number of aryl methyl sites for hydroxylation is 1. The first kappa shape index (κ1) is 13.3. The molecule has 2 rings (SSSR count). The number of hydrogen-bond donors (Lipinski definition) is 2. The van der Waals surface area contributed by atoms with Crippen LogP contribution in [0.3, 0.4) is 0 Å². The Balaban J connectivity index is 1.81. The molecular weight excluding hydrogens is 240 g/mol. The van der Waals surface area contributed by atoms with Crippen LogP contribution in [0.2, 0.25) is 0 Å². The molecule has 0 bridgehead atoms. The Morgan fingerprint density at radius 1 is 1.26 bits per heavy atom. The van der Waals surface area contributed by atoms with Crippen LogP contribution < -0.4 is 10.9 Å². The van der Waals surface area contributed by atoms with Gasteiger partial charge in [0.15, 0.2) is 0 Å². The van der Waals surface area contributed by atoms with Crippen LogP contribution in [-0.2, 0) is 4.79 Å². The van der Waals surface area contributed by atoms with Crippen LogP contribution in [0.4, 0.5) is 0 Å². The van der Waals surface area contributed by atoms with Gasteiger partial charge in [-0.2, -0.15) is 0 Å². The van der Waals surface area contributed by atoms with Gasteiger partial charge in [0, 0.05) is 12.0 Å². The minimum absolute atomic E-state index is 0.154. The molecule has 0 radical (unpaired) electrons. The number of rotatable bonds is 3. The summed E-state index contributed by atoms with van der Waals surface area (Å²) >= 11 is 0. The van der Waals surface area contributed by atoms with Gasteiger partial charge in [0.05, 0.1) is 0 Å². The Hall–Kier alpha value is -2.10. The first-order valence-corrected chi connectivity index (χ1v) is 6.48. The van der Waals surface area contributed by atoms with E-state index in [4.69, 9.17) is 0 Å². The van der Waals surface area contributed by atoms with Crippen LogP contribution in [0.1, 0.15) is 35.2 Å². The molecule has 1 aromatic carbocycles. The second kappa shape index (κ2) is 6.18. The summed E-state index contributed by atoms with van der Waals surface area (Å²) in [5.74, 6) is -0.137. The van der Waals surface area contributed by atoms with Crippen molar-refractivity contribution in [2.45, 2.75) is 26.2 Å². The first-order chi connectivity index (χ1) is 9.16. The average molecular weight is 258 g/mol. The molecule has 2 amide bonds. The Bertz CT molecular complexity index is 509. The van der Waals surface area contributed by atoms with Crippen molar-refractivity contribution < 1.29 is 9.59 Å². The summed E-state index contributed by atoms with van der Waals surface area (Å²) in [6.07, 6.45) is 6.61. The van der Waals surface area contributed by atoms with Gasteiger partial charge in [-0.15, -0.1) is 0 Å². The Morgan fingerprint density at radius 3 is 2.74 bits per heavy atom.